The molecular weight excluding hydrogens is 280 g/mol. The third-order valence-corrected chi connectivity index (χ3v) is 4.05. The zero-order valence-corrected chi connectivity index (χ0v) is 13.0. The third kappa shape index (κ3) is 4.19. The van der Waals surface area contributed by atoms with E-state index in [9.17, 15) is 18.5 Å². The van der Waals surface area contributed by atoms with Gasteiger partial charge in [-0.2, -0.15) is 0 Å². The maximum Gasteiger partial charge on any atom is 0.293 e. The zero-order chi connectivity index (χ0) is 15.6. The van der Waals surface area contributed by atoms with Gasteiger partial charge in [-0.05, 0) is 32.4 Å². The summed E-state index contributed by atoms with van der Waals surface area (Å²) in [6, 6.07) is 3.93. The van der Waals surface area contributed by atoms with Crippen molar-refractivity contribution in [1.29, 1.82) is 0 Å². The van der Waals surface area contributed by atoms with Crippen molar-refractivity contribution in [2.45, 2.75) is 44.0 Å². The molecule has 0 bridgehead atoms. The van der Waals surface area contributed by atoms with Crippen LogP contribution in [0.4, 0.5) is 11.4 Å². The normalized spacial score (nSPS) is 12.2. The quantitative estimate of drug-likeness (QED) is 0.644. The first-order valence-corrected chi connectivity index (χ1v) is 8.22. The number of nitrogens with zero attached hydrogens (tertiary/aromatic N) is 1. The third-order valence-electron chi connectivity index (χ3n) is 2.94. The number of nitrogens with one attached hydrogen (secondary N) is 1. The van der Waals surface area contributed by atoms with Crippen LogP contribution in [0, 0.1) is 10.1 Å². The lowest BCUT2D eigenvalue weighted by Gasteiger charge is -2.27. The van der Waals surface area contributed by atoms with Gasteiger partial charge in [-0.1, -0.05) is 13.3 Å². The SMILES string of the molecule is CCCC(C)(C)Nc1ccc(S(C)(=O)=O)cc1[N+](=O)[O-]. The lowest BCUT2D eigenvalue weighted by atomic mass is 9.98. The van der Waals surface area contributed by atoms with Crippen molar-refractivity contribution in [3.63, 3.8) is 0 Å². The van der Waals surface area contributed by atoms with Crippen molar-refractivity contribution < 1.29 is 13.3 Å². The molecule has 7 heteroatoms. The van der Waals surface area contributed by atoms with E-state index in [0.717, 1.165) is 25.2 Å². The molecule has 0 aromatic heterocycles. The highest BCUT2D eigenvalue weighted by Crippen LogP contribution is 2.30. The Hall–Kier alpha value is -1.63. The zero-order valence-electron chi connectivity index (χ0n) is 12.1. The summed E-state index contributed by atoms with van der Waals surface area (Å²) in [5, 5.41) is 14.2. The van der Waals surface area contributed by atoms with Crippen LogP contribution < -0.4 is 5.32 Å². The van der Waals surface area contributed by atoms with Gasteiger partial charge in [0, 0.05) is 17.9 Å². The highest BCUT2D eigenvalue weighted by atomic mass is 32.2. The highest BCUT2D eigenvalue weighted by molar-refractivity contribution is 7.90. The molecule has 0 fully saturated rings. The average Bonchev–Trinajstić information content (AvgIpc) is 2.26. The summed E-state index contributed by atoms with van der Waals surface area (Å²) < 4.78 is 22.9. The van der Waals surface area contributed by atoms with E-state index in [1.807, 2.05) is 20.8 Å². The van der Waals surface area contributed by atoms with E-state index in [2.05, 4.69) is 5.32 Å². The lowest BCUT2D eigenvalue weighted by Crippen LogP contribution is -2.30. The van der Waals surface area contributed by atoms with E-state index >= 15 is 0 Å². The number of nitro benzene ring substituents is 1. The van der Waals surface area contributed by atoms with Gasteiger partial charge in [-0.3, -0.25) is 10.1 Å². The molecule has 0 heterocycles. The predicted octanol–water partition coefficient (Wildman–Crippen LogP) is 2.99. The largest absolute Gasteiger partial charge is 0.375 e. The minimum atomic E-state index is -3.46. The van der Waals surface area contributed by atoms with Crippen LogP contribution in [0.2, 0.25) is 0 Å². The second-order valence-electron chi connectivity index (χ2n) is 5.47. The molecule has 0 aliphatic heterocycles. The number of rotatable bonds is 6. The lowest BCUT2D eigenvalue weighted by molar-refractivity contribution is -0.384. The van der Waals surface area contributed by atoms with E-state index in [4.69, 9.17) is 0 Å². The number of hydrogen-bond acceptors (Lipinski definition) is 5. The van der Waals surface area contributed by atoms with Crippen LogP contribution in [0.3, 0.4) is 0 Å². The number of anilines is 1. The summed E-state index contributed by atoms with van der Waals surface area (Å²) in [5.41, 5.74) is -0.190. The molecular formula is C13H20N2O4S. The van der Waals surface area contributed by atoms with Crippen LogP contribution in [-0.4, -0.2) is 25.1 Å². The van der Waals surface area contributed by atoms with E-state index < -0.39 is 14.8 Å². The molecule has 0 spiro atoms. The van der Waals surface area contributed by atoms with E-state index in [-0.39, 0.29) is 16.1 Å². The monoisotopic (exact) mass is 300 g/mol. The molecule has 1 aromatic rings. The van der Waals surface area contributed by atoms with E-state index in [1.165, 1.54) is 12.1 Å². The Morgan fingerprint density at radius 2 is 1.95 bits per heavy atom. The number of sulfone groups is 1. The summed E-state index contributed by atoms with van der Waals surface area (Å²) >= 11 is 0. The average molecular weight is 300 g/mol. The number of nitro groups is 1. The minimum Gasteiger partial charge on any atom is -0.375 e. The van der Waals surface area contributed by atoms with Gasteiger partial charge in [-0.25, -0.2) is 8.42 Å². The summed E-state index contributed by atoms with van der Waals surface area (Å²) in [7, 11) is -3.46. The molecule has 0 amide bonds. The summed E-state index contributed by atoms with van der Waals surface area (Å²) in [6.07, 6.45) is 2.81. The molecule has 6 nitrogen and oxygen atoms in total. The predicted molar refractivity (Wildman–Crippen MR) is 78.8 cm³/mol. The maximum atomic E-state index is 11.5. The fourth-order valence-corrected chi connectivity index (χ4v) is 2.69. The van der Waals surface area contributed by atoms with Crippen molar-refractivity contribution >= 4 is 21.2 Å². The molecule has 0 atom stereocenters. The molecule has 0 aliphatic carbocycles. The van der Waals surface area contributed by atoms with Gasteiger partial charge < -0.3 is 5.32 Å². The molecule has 0 aliphatic rings. The van der Waals surface area contributed by atoms with Crippen molar-refractivity contribution in [1.82, 2.24) is 0 Å². The van der Waals surface area contributed by atoms with Crippen LogP contribution >= 0.6 is 0 Å². The molecule has 0 saturated heterocycles. The van der Waals surface area contributed by atoms with E-state index in [0.29, 0.717) is 5.69 Å². The molecule has 112 valence electrons. The Morgan fingerprint density at radius 3 is 2.40 bits per heavy atom. The molecule has 1 rings (SSSR count). The summed E-state index contributed by atoms with van der Waals surface area (Å²) in [4.78, 5) is 10.5. The van der Waals surface area contributed by atoms with E-state index in [1.54, 1.807) is 0 Å². The van der Waals surface area contributed by atoms with Crippen LogP contribution in [-0.2, 0) is 9.84 Å². The van der Waals surface area contributed by atoms with Gasteiger partial charge in [0.25, 0.3) is 5.69 Å². The fraction of sp³-hybridized carbons (Fsp3) is 0.538. The van der Waals surface area contributed by atoms with Crippen molar-refractivity contribution in [2.24, 2.45) is 0 Å². The van der Waals surface area contributed by atoms with Crippen LogP contribution in [0.5, 0.6) is 0 Å². The Morgan fingerprint density at radius 1 is 1.35 bits per heavy atom. The Kier molecular flexibility index (Phi) is 4.75. The smallest absolute Gasteiger partial charge is 0.293 e. The van der Waals surface area contributed by atoms with Gasteiger partial charge in [-0.15, -0.1) is 0 Å². The van der Waals surface area contributed by atoms with Crippen molar-refractivity contribution in [2.75, 3.05) is 11.6 Å². The summed E-state index contributed by atoms with van der Waals surface area (Å²) in [6.45, 7) is 5.93. The highest BCUT2D eigenvalue weighted by Gasteiger charge is 2.23. The molecule has 0 saturated carbocycles. The van der Waals surface area contributed by atoms with Gasteiger partial charge in [0.05, 0.1) is 9.82 Å². The molecule has 0 radical (unpaired) electrons. The van der Waals surface area contributed by atoms with Crippen molar-refractivity contribution in [3.8, 4) is 0 Å². The first kappa shape index (κ1) is 16.4. The van der Waals surface area contributed by atoms with Gasteiger partial charge in [0.2, 0.25) is 0 Å². The first-order valence-electron chi connectivity index (χ1n) is 6.33. The topological polar surface area (TPSA) is 89.3 Å². The molecule has 1 N–H and O–H groups in total. The summed E-state index contributed by atoms with van der Waals surface area (Å²) in [5.74, 6) is 0. The van der Waals surface area contributed by atoms with Gasteiger partial charge in [0.15, 0.2) is 9.84 Å². The Labute approximate surface area is 119 Å². The van der Waals surface area contributed by atoms with Gasteiger partial charge in [0.1, 0.15) is 5.69 Å². The van der Waals surface area contributed by atoms with Crippen molar-refractivity contribution in [3.05, 3.63) is 28.3 Å². The standard InChI is InChI=1S/C13H20N2O4S/c1-5-8-13(2,3)14-11-7-6-10(20(4,18)19)9-12(11)15(16)17/h6-7,9,14H,5,8H2,1-4H3. The Balaban J connectivity index is 3.25. The maximum absolute atomic E-state index is 11.5. The fourth-order valence-electron chi connectivity index (χ4n) is 2.05. The number of hydrogen-bond donors (Lipinski definition) is 1. The molecule has 20 heavy (non-hydrogen) atoms. The molecule has 0 unspecified atom stereocenters. The molecule has 1 aromatic carbocycles. The first-order chi connectivity index (χ1) is 9.07. The second kappa shape index (κ2) is 5.78. The van der Waals surface area contributed by atoms with Crippen LogP contribution in [0.1, 0.15) is 33.6 Å². The van der Waals surface area contributed by atoms with Crippen LogP contribution in [0.15, 0.2) is 23.1 Å². The number of benzene rings is 1. The minimum absolute atomic E-state index is 0.0527. The van der Waals surface area contributed by atoms with Crippen LogP contribution in [0.25, 0.3) is 0 Å². The Bertz CT molecular complexity index is 609. The second-order valence-corrected chi connectivity index (χ2v) is 7.48. The van der Waals surface area contributed by atoms with Gasteiger partial charge >= 0.3 is 0 Å².